The molecule has 0 amide bonds. The molecule has 0 unspecified atom stereocenters. The van der Waals surface area contributed by atoms with Crippen molar-refractivity contribution in [3.05, 3.63) is 54.5 Å². The third kappa shape index (κ3) is 3.94. The average Bonchev–Trinajstić information content (AvgIpc) is 3.33. The number of carboxylic acid groups (broad SMARTS) is 1. The van der Waals surface area contributed by atoms with Gasteiger partial charge < -0.3 is 14.8 Å². The summed E-state index contributed by atoms with van der Waals surface area (Å²) in [6.45, 7) is 0.137. The number of carbonyl (C=O) groups is 1. The zero-order valence-electron chi connectivity index (χ0n) is 15.0. The van der Waals surface area contributed by atoms with Gasteiger partial charge in [-0.1, -0.05) is 0 Å². The highest BCUT2D eigenvalue weighted by Gasteiger charge is 2.51. The maximum absolute atomic E-state index is 12.7. The number of aromatic nitrogens is 3. The summed E-state index contributed by atoms with van der Waals surface area (Å²) < 4.78 is 43.6. The van der Waals surface area contributed by atoms with E-state index < -0.39 is 23.3 Å². The number of nitrogens with one attached hydrogen (secondary N) is 1. The highest BCUT2D eigenvalue weighted by atomic mass is 19.4. The Labute approximate surface area is 163 Å². The Morgan fingerprint density at radius 3 is 2.28 bits per heavy atom. The summed E-state index contributed by atoms with van der Waals surface area (Å²) in [5.41, 5.74) is 0.190. The molecule has 0 aliphatic heterocycles. The Balaban J connectivity index is 1.44. The number of hydrogen-bond acceptors (Lipinski definition) is 4. The molecule has 2 aromatic heterocycles. The summed E-state index contributed by atoms with van der Waals surface area (Å²) in [6, 6.07) is 10.3. The fourth-order valence-electron chi connectivity index (χ4n) is 2.83. The number of alkyl halides is 3. The zero-order chi connectivity index (χ0) is 20.6. The van der Waals surface area contributed by atoms with Crippen LogP contribution in [-0.2, 0) is 11.0 Å². The van der Waals surface area contributed by atoms with Crippen LogP contribution in [0.4, 0.5) is 13.2 Å². The van der Waals surface area contributed by atoms with Crippen LogP contribution < -0.4 is 4.74 Å². The van der Waals surface area contributed by atoms with E-state index in [2.05, 4.69) is 15.0 Å². The van der Waals surface area contributed by atoms with Crippen molar-refractivity contribution in [2.45, 2.75) is 19.0 Å². The molecular weight excluding hydrogens is 387 g/mol. The van der Waals surface area contributed by atoms with E-state index in [1.807, 2.05) is 0 Å². The van der Waals surface area contributed by atoms with Crippen LogP contribution >= 0.6 is 0 Å². The summed E-state index contributed by atoms with van der Waals surface area (Å²) >= 11 is 0. The van der Waals surface area contributed by atoms with Crippen LogP contribution in [0.25, 0.3) is 22.6 Å². The van der Waals surface area contributed by atoms with Gasteiger partial charge in [0.05, 0.1) is 11.9 Å². The Bertz CT molecular complexity index is 1020. The number of pyridine rings is 1. The number of rotatable bonds is 6. The summed E-state index contributed by atoms with van der Waals surface area (Å²) in [5.74, 6) is -0.182. The maximum atomic E-state index is 12.7. The monoisotopic (exact) mass is 403 g/mol. The number of halogens is 3. The first-order valence-corrected chi connectivity index (χ1v) is 8.82. The van der Waals surface area contributed by atoms with E-state index in [4.69, 9.17) is 9.84 Å². The van der Waals surface area contributed by atoms with Gasteiger partial charge in [-0.2, -0.15) is 13.2 Å². The van der Waals surface area contributed by atoms with E-state index >= 15 is 0 Å². The molecule has 29 heavy (non-hydrogen) atoms. The van der Waals surface area contributed by atoms with Crippen molar-refractivity contribution >= 4 is 5.97 Å². The smallest absolute Gasteiger partial charge is 0.432 e. The summed E-state index contributed by atoms with van der Waals surface area (Å²) in [4.78, 5) is 21.5. The Kier molecular flexibility index (Phi) is 4.52. The quantitative estimate of drug-likeness (QED) is 0.637. The Hall–Kier alpha value is -3.36. The molecular formula is C20H16F3N3O3. The molecule has 0 bridgehead atoms. The number of imidazole rings is 1. The van der Waals surface area contributed by atoms with Crippen molar-refractivity contribution in [3.63, 3.8) is 0 Å². The normalized spacial score (nSPS) is 15.1. The molecule has 4 rings (SSSR count). The first kappa shape index (κ1) is 19.0. The van der Waals surface area contributed by atoms with Crippen molar-refractivity contribution in [2.75, 3.05) is 6.61 Å². The van der Waals surface area contributed by atoms with Crippen LogP contribution in [-0.4, -0.2) is 32.6 Å². The van der Waals surface area contributed by atoms with Gasteiger partial charge in [-0.3, -0.25) is 9.78 Å². The third-order valence-corrected chi connectivity index (χ3v) is 4.89. The lowest BCUT2D eigenvalue weighted by Gasteiger charge is -2.12. The number of aromatic amines is 1. The SMILES string of the molecule is O=C(O)C1(COc2ccc(-c3ccc(-c4ncc(C(F)(F)F)[nH]4)cn3)cc2)CC1. The van der Waals surface area contributed by atoms with Gasteiger partial charge in [-0.15, -0.1) is 0 Å². The second kappa shape index (κ2) is 6.91. The minimum Gasteiger partial charge on any atom is -0.492 e. The number of ether oxygens (including phenoxy) is 1. The first-order valence-electron chi connectivity index (χ1n) is 8.82. The predicted molar refractivity (Wildman–Crippen MR) is 97.1 cm³/mol. The van der Waals surface area contributed by atoms with Crippen LogP contribution in [0.1, 0.15) is 18.5 Å². The predicted octanol–water partition coefficient (Wildman–Crippen LogP) is 4.40. The van der Waals surface area contributed by atoms with Crippen LogP contribution in [0.2, 0.25) is 0 Å². The van der Waals surface area contributed by atoms with Gasteiger partial charge in [0.25, 0.3) is 0 Å². The van der Waals surface area contributed by atoms with Crippen LogP contribution in [0, 0.1) is 5.41 Å². The summed E-state index contributed by atoms with van der Waals surface area (Å²) in [5, 5.41) is 9.17. The lowest BCUT2D eigenvalue weighted by Crippen LogP contribution is -2.22. The van der Waals surface area contributed by atoms with Gasteiger partial charge in [0.1, 0.15) is 29.3 Å². The minimum atomic E-state index is -4.48. The van der Waals surface area contributed by atoms with Crippen LogP contribution in [0.5, 0.6) is 5.75 Å². The van der Waals surface area contributed by atoms with Crippen molar-refractivity contribution in [2.24, 2.45) is 5.41 Å². The molecule has 0 atom stereocenters. The molecule has 6 nitrogen and oxygen atoms in total. The summed E-state index contributed by atoms with van der Waals surface area (Å²) in [6.07, 6.45) is -1.04. The van der Waals surface area contributed by atoms with Gasteiger partial charge in [0, 0.05) is 17.3 Å². The number of H-pyrrole nitrogens is 1. The van der Waals surface area contributed by atoms with E-state index in [0.29, 0.717) is 29.8 Å². The van der Waals surface area contributed by atoms with Crippen LogP contribution in [0.3, 0.4) is 0 Å². The van der Waals surface area contributed by atoms with Gasteiger partial charge in [-0.25, -0.2) is 4.98 Å². The highest BCUT2D eigenvalue weighted by molar-refractivity contribution is 5.78. The third-order valence-electron chi connectivity index (χ3n) is 4.89. The summed E-state index contributed by atoms with van der Waals surface area (Å²) in [7, 11) is 0. The van der Waals surface area contributed by atoms with E-state index in [1.165, 1.54) is 6.20 Å². The van der Waals surface area contributed by atoms with Crippen LogP contribution in [0.15, 0.2) is 48.8 Å². The van der Waals surface area contributed by atoms with Crippen molar-refractivity contribution in [1.29, 1.82) is 0 Å². The fourth-order valence-corrected chi connectivity index (χ4v) is 2.83. The molecule has 1 aliphatic rings. The molecule has 0 radical (unpaired) electrons. The molecule has 1 aromatic carbocycles. The van der Waals surface area contributed by atoms with Gasteiger partial charge in [0.2, 0.25) is 0 Å². The second-order valence-corrected chi connectivity index (χ2v) is 6.97. The Morgan fingerprint density at radius 2 is 1.76 bits per heavy atom. The molecule has 2 N–H and O–H groups in total. The van der Waals surface area contributed by atoms with E-state index in [9.17, 15) is 18.0 Å². The molecule has 1 fully saturated rings. The number of nitrogens with zero attached hydrogens (tertiary/aromatic N) is 2. The minimum absolute atomic E-state index is 0.0903. The zero-order valence-corrected chi connectivity index (χ0v) is 15.0. The standard InChI is InChI=1S/C20H16F3N3O3/c21-20(22,23)16-10-25-17(26-16)13-3-6-15(24-9-13)12-1-4-14(5-2-12)29-11-19(7-8-19)18(27)28/h1-6,9-10H,7-8,11H2,(H,25,26)(H,27,28). The van der Waals surface area contributed by atoms with Gasteiger partial charge in [0.15, 0.2) is 0 Å². The number of carboxylic acids is 1. The number of hydrogen-bond donors (Lipinski definition) is 2. The van der Waals surface area contributed by atoms with Crippen molar-refractivity contribution in [3.8, 4) is 28.4 Å². The van der Waals surface area contributed by atoms with Gasteiger partial charge >= 0.3 is 12.1 Å². The van der Waals surface area contributed by atoms with E-state index in [0.717, 1.165) is 11.8 Å². The van der Waals surface area contributed by atoms with Gasteiger partial charge in [-0.05, 0) is 49.2 Å². The fraction of sp³-hybridized carbons (Fsp3) is 0.250. The largest absolute Gasteiger partial charge is 0.492 e. The molecule has 2 heterocycles. The van der Waals surface area contributed by atoms with E-state index in [1.54, 1.807) is 36.4 Å². The first-order chi connectivity index (χ1) is 13.8. The molecule has 1 aliphatic carbocycles. The maximum Gasteiger partial charge on any atom is 0.432 e. The molecule has 3 aromatic rings. The van der Waals surface area contributed by atoms with Crippen molar-refractivity contribution in [1.82, 2.24) is 15.0 Å². The molecule has 9 heteroatoms. The molecule has 0 saturated heterocycles. The highest BCUT2D eigenvalue weighted by Crippen LogP contribution is 2.46. The second-order valence-electron chi connectivity index (χ2n) is 6.97. The molecule has 1 saturated carbocycles. The topological polar surface area (TPSA) is 88.1 Å². The van der Waals surface area contributed by atoms with E-state index in [-0.39, 0.29) is 12.4 Å². The molecule has 0 spiro atoms. The Morgan fingerprint density at radius 1 is 1.07 bits per heavy atom. The van der Waals surface area contributed by atoms with Crippen molar-refractivity contribution < 1.29 is 27.8 Å². The molecule has 150 valence electrons. The average molecular weight is 403 g/mol. The number of benzene rings is 1. The number of aliphatic carboxylic acids is 1. The lowest BCUT2D eigenvalue weighted by molar-refractivity contribution is -0.144. The lowest BCUT2D eigenvalue weighted by atomic mass is 10.1.